The van der Waals surface area contributed by atoms with Gasteiger partial charge in [0, 0.05) is 45.3 Å². The van der Waals surface area contributed by atoms with Crippen LogP contribution in [0.2, 0.25) is 0 Å². The highest BCUT2D eigenvalue weighted by Crippen LogP contribution is 2.35. The largest absolute Gasteiger partial charge is 0.379 e. The van der Waals surface area contributed by atoms with Gasteiger partial charge in [-0.15, -0.1) is 0 Å². The molecule has 0 bridgehead atoms. The summed E-state index contributed by atoms with van der Waals surface area (Å²) in [5.74, 6) is -0.00512. The van der Waals surface area contributed by atoms with Crippen LogP contribution in [-0.4, -0.2) is 59.7 Å². The predicted octanol–water partition coefficient (Wildman–Crippen LogP) is 0.945. The van der Waals surface area contributed by atoms with E-state index in [0.717, 1.165) is 11.1 Å². The van der Waals surface area contributed by atoms with Gasteiger partial charge in [0.25, 0.3) is 10.2 Å². The molecule has 1 saturated heterocycles. The minimum absolute atomic E-state index is 0.00512. The van der Waals surface area contributed by atoms with Crippen LogP contribution < -0.4 is 0 Å². The van der Waals surface area contributed by atoms with Gasteiger partial charge in [0.15, 0.2) is 0 Å². The summed E-state index contributed by atoms with van der Waals surface area (Å²) in [4.78, 5) is 0. The normalized spacial score (nSPS) is 22.7. The van der Waals surface area contributed by atoms with Crippen LogP contribution in [0.4, 0.5) is 0 Å². The molecule has 0 N–H and O–H groups in total. The molecule has 2 aliphatic heterocycles. The van der Waals surface area contributed by atoms with Crippen molar-refractivity contribution in [2.45, 2.75) is 12.5 Å². The van der Waals surface area contributed by atoms with Gasteiger partial charge < -0.3 is 4.74 Å². The minimum Gasteiger partial charge on any atom is -0.379 e. The molecule has 1 aromatic carbocycles. The van der Waals surface area contributed by atoms with E-state index >= 15 is 0 Å². The van der Waals surface area contributed by atoms with Crippen molar-refractivity contribution in [1.29, 1.82) is 0 Å². The van der Waals surface area contributed by atoms with Crippen LogP contribution in [0.15, 0.2) is 36.7 Å². The molecule has 2 aliphatic rings. The number of aromatic nitrogens is 2. The Morgan fingerprint density at radius 1 is 1.16 bits per heavy atom. The molecule has 2 aromatic rings. The van der Waals surface area contributed by atoms with E-state index < -0.39 is 10.2 Å². The Morgan fingerprint density at radius 2 is 1.92 bits per heavy atom. The van der Waals surface area contributed by atoms with Crippen LogP contribution in [0.3, 0.4) is 0 Å². The summed E-state index contributed by atoms with van der Waals surface area (Å²) in [5.41, 5.74) is 3.28. The van der Waals surface area contributed by atoms with E-state index in [9.17, 15) is 8.42 Å². The molecule has 0 amide bonds. The lowest BCUT2D eigenvalue weighted by molar-refractivity contribution is 0.0697. The Kier molecular flexibility index (Phi) is 4.36. The Morgan fingerprint density at radius 3 is 2.64 bits per heavy atom. The summed E-state index contributed by atoms with van der Waals surface area (Å²) >= 11 is 0. The average Bonchev–Trinajstić information content (AvgIpc) is 3.07. The number of hydrogen-bond donors (Lipinski definition) is 0. The first-order valence-corrected chi connectivity index (χ1v) is 9.85. The van der Waals surface area contributed by atoms with E-state index in [1.165, 1.54) is 9.87 Å². The van der Waals surface area contributed by atoms with Crippen molar-refractivity contribution in [2.75, 3.05) is 32.8 Å². The van der Waals surface area contributed by atoms with Gasteiger partial charge >= 0.3 is 0 Å². The third-order valence-corrected chi connectivity index (χ3v) is 6.86. The summed E-state index contributed by atoms with van der Waals surface area (Å²) in [6.07, 6.45) is 3.79. The highest BCUT2D eigenvalue weighted by atomic mass is 32.2. The van der Waals surface area contributed by atoms with E-state index in [-0.39, 0.29) is 5.92 Å². The number of ether oxygens (including phenoxy) is 1. The fraction of sp³-hybridized carbons (Fsp3) is 0.471. The van der Waals surface area contributed by atoms with E-state index in [1.54, 1.807) is 8.99 Å². The number of morpholine rings is 1. The Hall–Kier alpha value is -1.74. The fourth-order valence-corrected chi connectivity index (χ4v) is 5.17. The molecule has 1 atom stereocenters. The summed E-state index contributed by atoms with van der Waals surface area (Å²) in [7, 11) is -1.63. The van der Waals surface area contributed by atoms with Gasteiger partial charge in [0.2, 0.25) is 0 Å². The maximum absolute atomic E-state index is 13.1. The van der Waals surface area contributed by atoms with Gasteiger partial charge in [0.05, 0.1) is 19.4 Å². The molecule has 1 fully saturated rings. The first kappa shape index (κ1) is 16.7. The molecule has 8 heteroatoms. The van der Waals surface area contributed by atoms with Crippen LogP contribution in [-0.2, 0) is 28.5 Å². The first-order chi connectivity index (χ1) is 12.1. The monoisotopic (exact) mass is 362 g/mol. The lowest BCUT2D eigenvalue weighted by Gasteiger charge is -2.37. The van der Waals surface area contributed by atoms with Crippen molar-refractivity contribution in [3.05, 3.63) is 53.3 Å². The highest BCUT2D eigenvalue weighted by Gasteiger charge is 2.37. The standard InChI is InChI=1S/C17H22N4O3S/c1-19-11-15(10-18-19)17-13-21(12-14-4-2-3-5-16(14)17)25(22,23)20-6-8-24-9-7-20/h2-5,10-11,17H,6-9,12-13H2,1H3. The molecular formula is C17H22N4O3S. The van der Waals surface area contributed by atoms with Crippen LogP contribution in [0, 0.1) is 0 Å². The third-order valence-electron chi connectivity index (χ3n) is 4.91. The number of hydrogen-bond acceptors (Lipinski definition) is 4. The molecule has 134 valence electrons. The quantitative estimate of drug-likeness (QED) is 0.815. The lowest BCUT2D eigenvalue weighted by atomic mass is 9.87. The van der Waals surface area contributed by atoms with Crippen molar-refractivity contribution in [3.8, 4) is 0 Å². The van der Waals surface area contributed by atoms with Crippen molar-refractivity contribution in [2.24, 2.45) is 7.05 Å². The smallest absolute Gasteiger partial charge is 0.282 e. The predicted molar refractivity (Wildman–Crippen MR) is 93.2 cm³/mol. The second-order valence-corrected chi connectivity index (χ2v) is 8.44. The zero-order valence-corrected chi connectivity index (χ0v) is 15.0. The maximum atomic E-state index is 13.1. The van der Waals surface area contributed by atoms with E-state index in [1.807, 2.05) is 37.6 Å². The summed E-state index contributed by atoms with van der Waals surface area (Å²) in [5, 5.41) is 4.26. The molecule has 0 aliphatic carbocycles. The van der Waals surface area contributed by atoms with Crippen molar-refractivity contribution >= 4 is 10.2 Å². The zero-order valence-electron chi connectivity index (χ0n) is 14.2. The number of benzene rings is 1. The number of nitrogens with zero attached hydrogens (tertiary/aromatic N) is 4. The Balaban J connectivity index is 1.70. The average molecular weight is 362 g/mol. The van der Waals surface area contributed by atoms with E-state index in [2.05, 4.69) is 11.2 Å². The molecule has 0 radical (unpaired) electrons. The van der Waals surface area contributed by atoms with Gasteiger partial charge in [-0.1, -0.05) is 24.3 Å². The maximum Gasteiger partial charge on any atom is 0.282 e. The summed E-state index contributed by atoms with van der Waals surface area (Å²) in [6.45, 7) is 2.58. The molecule has 7 nitrogen and oxygen atoms in total. The second-order valence-electron chi connectivity index (χ2n) is 6.51. The van der Waals surface area contributed by atoms with Crippen molar-refractivity contribution < 1.29 is 13.2 Å². The molecule has 1 aromatic heterocycles. The number of fused-ring (bicyclic) bond motifs is 1. The third kappa shape index (κ3) is 3.10. The minimum atomic E-state index is -3.50. The Labute approximate surface area is 148 Å². The van der Waals surface area contributed by atoms with Crippen molar-refractivity contribution in [3.63, 3.8) is 0 Å². The fourth-order valence-electron chi connectivity index (χ4n) is 3.60. The highest BCUT2D eigenvalue weighted by molar-refractivity contribution is 7.86. The number of aryl methyl sites for hydroxylation is 1. The van der Waals surface area contributed by atoms with Gasteiger partial charge in [-0.3, -0.25) is 4.68 Å². The molecular weight excluding hydrogens is 340 g/mol. The van der Waals surface area contributed by atoms with Crippen LogP contribution in [0.1, 0.15) is 22.6 Å². The molecule has 0 spiro atoms. The molecule has 25 heavy (non-hydrogen) atoms. The molecule has 3 heterocycles. The lowest BCUT2D eigenvalue weighted by Crippen LogP contribution is -2.50. The van der Waals surface area contributed by atoms with Gasteiger partial charge in [0.1, 0.15) is 0 Å². The topological polar surface area (TPSA) is 67.7 Å². The first-order valence-electron chi connectivity index (χ1n) is 8.45. The summed E-state index contributed by atoms with van der Waals surface area (Å²) < 4.78 is 36.4. The van der Waals surface area contributed by atoms with Gasteiger partial charge in [-0.25, -0.2) is 0 Å². The van der Waals surface area contributed by atoms with Crippen LogP contribution >= 0.6 is 0 Å². The number of rotatable bonds is 3. The van der Waals surface area contributed by atoms with Crippen LogP contribution in [0.25, 0.3) is 0 Å². The van der Waals surface area contributed by atoms with Crippen LogP contribution in [0.5, 0.6) is 0 Å². The van der Waals surface area contributed by atoms with E-state index in [4.69, 9.17) is 4.74 Å². The van der Waals surface area contributed by atoms with Crippen molar-refractivity contribution in [1.82, 2.24) is 18.4 Å². The second kappa shape index (κ2) is 6.53. The zero-order chi connectivity index (χ0) is 17.4. The van der Waals surface area contributed by atoms with E-state index in [0.29, 0.717) is 39.4 Å². The van der Waals surface area contributed by atoms with Gasteiger partial charge in [-0.2, -0.15) is 22.1 Å². The molecule has 4 rings (SSSR count). The molecule has 0 saturated carbocycles. The Bertz CT molecular complexity index is 858. The molecule has 1 unspecified atom stereocenters. The SMILES string of the molecule is Cn1cc(C2CN(S(=O)(=O)N3CCOCC3)Cc3ccccc32)cn1. The van der Waals surface area contributed by atoms with Gasteiger partial charge in [-0.05, 0) is 16.7 Å². The summed E-state index contributed by atoms with van der Waals surface area (Å²) in [6, 6.07) is 8.07.